The molecule has 15 heavy (non-hydrogen) atoms. The molecule has 1 heterocycles. The topological polar surface area (TPSA) is 21.3 Å². The summed E-state index contributed by atoms with van der Waals surface area (Å²) in [5.74, 6) is 0. The highest BCUT2D eigenvalue weighted by Gasteiger charge is 2.39. The molecule has 82 valence electrons. The van der Waals surface area contributed by atoms with Crippen LogP contribution in [-0.2, 0) is 10.2 Å². The predicted molar refractivity (Wildman–Crippen MR) is 65.2 cm³/mol. The molecule has 2 rings (SSSR count). The van der Waals surface area contributed by atoms with Crippen LogP contribution in [0.2, 0.25) is 0 Å². The van der Waals surface area contributed by atoms with Crippen molar-refractivity contribution in [2.45, 2.75) is 11.8 Å². The fourth-order valence-corrected chi connectivity index (χ4v) is 2.24. The Balaban J connectivity index is 2.14. The second-order valence-electron chi connectivity index (χ2n) is 4.13. The van der Waals surface area contributed by atoms with Gasteiger partial charge in [-0.3, -0.25) is 0 Å². The molecule has 0 radical (unpaired) electrons. The minimum Gasteiger partial charge on any atom is -0.379 e. The summed E-state index contributed by atoms with van der Waals surface area (Å²) in [4.78, 5) is 0. The maximum absolute atomic E-state index is 5.38. The molecular formula is C12H16BrNO. The van der Waals surface area contributed by atoms with E-state index in [1.807, 2.05) is 7.05 Å². The molecule has 1 fully saturated rings. The third kappa shape index (κ3) is 2.25. The largest absolute Gasteiger partial charge is 0.379 e. The van der Waals surface area contributed by atoms with Crippen molar-refractivity contribution in [3.8, 4) is 0 Å². The molecule has 1 aliphatic rings. The molecule has 1 saturated heterocycles. The van der Waals surface area contributed by atoms with Crippen molar-refractivity contribution in [2.75, 3.05) is 26.8 Å². The van der Waals surface area contributed by atoms with Crippen LogP contribution in [0.5, 0.6) is 0 Å². The molecule has 0 spiro atoms. The van der Waals surface area contributed by atoms with Gasteiger partial charge in [-0.2, -0.15) is 0 Å². The van der Waals surface area contributed by atoms with Crippen molar-refractivity contribution >= 4 is 15.9 Å². The van der Waals surface area contributed by atoms with Crippen molar-refractivity contribution in [3.63, 3.8) is 0 Å². The van der Waals surface area contributed by atoms with E-state index in [0.29, 0.717) is 0 Å². The van der Waals surface area contributed by atoms with Crippen LogP contribution in [0, 0.1) is 0 Å². The lowest BCUT2D eigenvalue weighted by Crippen LogP contribution is -2.48. The maximum Gasteiger partial charge on any atom is 0.0586 e. The average Bonchev–Trinajstić information content (AvgIpc) is 2.19. The monoisotopic (exact) mass is 269 g/mol. The van der Waals surface area contributed by atoms with Crippen LogP contribution < -0.4 is 5.32 Å². The van der Waals surface area contributed by atoms with Gasteiger partial charge in [0.15, 0.2) is 0 Å². The molecule has 0 bridgehead atoms. The summed E-state index contributed by atoms with van der Waals surface area (Å²) in [6.07, 6.45) is 1.14. The van der Waals surface area contributed by atoms with E-state index in [0.717, 1.165) is 30.7 Å². The van der Waals surface area contributed by atoms with E-state index in [9.17, 15) is 0 Å². The Labute approximate surface area is 99.1 Å². The summed E-state index contributed by atoms with van der Waals surface area (Å²) in [5, 5.41) is 3.21. The normalized spacial score (nSPS) is 18.5. The number of ether oxygens (including phenoxy) is 1. The molecule has 3 heteroatoms. The maximum atomic E-state index is 5.38. The van der Waals surface area contributed by atoms with Gasteiger partial charge < -0.3 is 10.1 Å². The molecule has 0 saturated carbocycles. The first-order valence-electron chi connectivity index (χ1n) is 5.25. The summed E-state index contributed by atoms with van der Waals surface area (Å²) in [6, 6.07) is 8.61. The van der Waals surface area contributed by atoms with E-state index >= 15 is 0 Å². The Bertz CT molecular complexity index is 319. The zero-order chi connectivity index (χ0) is 10.7. The second-order valence-corrected chi connectivity index (χ2v) is 5.05. The van der Waals surface area contributed by atoms with Gasteiger partial charge >= 0.3 is 0 Å². The molecule has 1 aliphatic heterocycles. The van der Waals surface area contributed by atoms with Crippen LogP contribution in [0.3, 0.4) is 0 Å². The number of hydrogen-bond acceptors (Lipinski definition) is 2. The molecule has 1 N–H and O–H groups in total. The minimum absolute atomic E-state index is 0.254. The van der Waals surface area contributed by atoms with Crippen LogP contribution in [0.1, 0.15) is 12.0 Å². The van der Waals surface area contributed by atoms with E-state index in [2.05, 4.69) is 45.5 Å². The number of hydrogen-bond donors (Lipinski definition) is 1. The van der Waals surface area contributed by atoms with Crippen molar-refractivity contribution in [3.05, 3.63) is 34.3 Å². The third-order valence-corrected chi connectivity index (χ3v) is 3.60. The van der Waals surface area contributed by atoms with Crippen LogP contribution in [0.25, 0.3) is 0 Å². The number of halogens is 1. The van der Waals surface area contributed by atoms with E-state index in [1.165, 1.54) is 5.56 Å². The molecule has 2 nitrogen and oxygen atoms in total. The summed E-state index contributed by atoms with van der Waals surface area (Å²) in [5.41, 5.74) is 1.65. The highest BCUT2D eigenvalue weighted by Crippen LogP contribution is 2.35. The Morgan fingerprint density at radius 3 is 2.47 bits per heavy atom. The van der Waals surface area contributed by atoms with Gasteiger partial charge in [0.2, 0.25) is 0 Å². The summed E-state index contributed by atoms with van der Waals surface area (Å²) < 4.78 is 6.51. The van der Waals surface area contributed by atoms with Crippen molar-refractivity contribution in [1.82, 2.24) is 5.32 Å². The Kier molecular flexibility index (Phi) is 3.44. The zero-order valence-corrected chi connectivity index (χ0v) is 10.5. The molecule has 0 aromatic heterocycles. The lowest BCUT2D eigenvalue weighted by Gasteiger charge is -2.42. The van der Waals surface area contributed by atoms with Gasteiger partial charge in [-0.05, 0) is 37.7 Å². The molecule has 0 unspecified atom stereocenters. The average molecular weight is 270 g/mol. The Hall–Kier alpha value is -0.380. The molecule has 1 aromatic carbocycles. The van der Waals surface area contributed by atoms with Gasteiger partial charge in [0.1, 0.15) is 0 Å². The Morgan fingerprint density at radius 1 is 1.33 bits per heavy atom. The van der Waals surface area contributed by atoms with Crippen LogP contribution in [-0.4, -0.2) is 26.8 Å². The van der Waals surface area contributed by atoms with Crippen LogP contribution in [0.4, 0.5) is 0 Å². The van der Waals surface area contributed by atoms with E-state index in [1.54, 1.807) is 0 Å². The summed E-state index contributed by atoms with van der Waals surface area (Å²) >= 11 is 3.46. The van der Waals surface area contributed by atoms with E-state index < -0.39 is 0 Å². The zero-order valence-electron chi connectivity index (χ0n) is 8.92. The smallest absolute Gasteiger partial charge is 0.0586 e. The number of nitrogens with one attached hydrogen (secondary N) is 1. The highest BCUT2D eigenvalue weighted by atomic mass is 79.9. The van der Waals surface area contributed by atoms with Crippen LogP contribution >= 0.6 is 15.9 Å². The minimum atomic E-state index is 0.254. The van der Waals surface area contributed by atoms with E-state index in [4.69, 9.17) is 4.74 Å². The van der Waals surface area contributed by atoms with Gasteiger partial charge in [-0.15, -0.1) is 0 Å². The van der Waals surface area contributed by atoms with Crippen molar-refractivity contribution < 1.29 is 4.74 Å². The molecule has 1 aromatic rings. The molecule has 0 atom stereocenters. The van der Waals surface area contributed by atoms with Crippen molar-refractivity contribution in [2.24, 2.45) is 0 Å². The standard InChI is InChI=1S/C12H16BrNO/c1-14-7-6-12(8-15-9-12)10-2-4-11(13)5-3-10/h2-5,14H,6-9H2,1H3. The fourth-order valence-electron chi connectivity index (χ4n) is 1.97. The first kappa shape index (κ1) is 11.1. The van der Waals surface area contributed by atoms with Gasteiger partial charge in [-0.25, -0.2) is 0 Å². The van der Waals surface area contributed by atoms with Gasteiger partial charge in [-0.1, -0.05) is 28.1 Å². The molecule has 0 aliphatic carbocycles. The third-order valence-electron chi connectivity index (χ3n) is 3.07. The lowest BCUT2D eigenvalue weighted by molar-refractivity contribution is -0.0638. The van der Waals surface area contributed by atoms with Crippen molar-refractivity contribution in [1.29, 1.82) is 0 Å². The van der Waals surface area contributed by atoms with Crippen LogP contribution in [0.15, 0.2) is 28.7 Å². The van der Waals surface area contributed by atoms with E-state index in [-0.39, 0.29) is 5.41 Å². The SMILES string of the molecule is CNCCC1(c2ccc(Br)cc2)COC1. The number of benzene rings is 1. The lowest BCUT2D eigenvalue weighted by atomic mass is 9.76. The predicted octanol–water partition coefficient (Wildman–Crippen LogP) is 2.33. The quantitative estimate of drug-likeness (QED) is 0.906. The summed E-state index contributed by atoms with van der Waals surface area (Å²) in [6.45, 7) is 2.76. The van der Waals surface area contributed by atoms with Gasteiger partial charge in [0, 0.05) is 9.89 Å². The Morgan fingerprint density at radius 2 is 2.00 bits per heavy atom. The summed E-state index contributed by atoms with van der Waals surface area (Å²) in [7, 11) is 1.99. The van der Waals surface area contributed by atoms with Gasteiger partial charge in [0.05, 0.1) is 13.2 Å². The molecule has 0 amide bonds. The fraction of sp³-hybridized carbons (Fsp3) is 0.500. The van der Waals surface area contributed by atoms with Gasteiger partial charge in [0.25, 0.3) is 0 Å². The molecular weight excluding hydrogens is 254 g/mol. The highest BCUT2D eigenvalue weighted by molar-refractivity contribution is 9.10. The first-order valence-corrected chi connectivity index (χ1v) is 6.04. The second kappa shape index (κ2) is 4.64. The first-order chi connectivity index (χ1) is 7.27. The number of rotatable bonds is 4.